The number of hydrogen-bond donors (Lipinski definition) is 3. The van der Waals surface area contributed by atoms with Crippen LogP contribution in [-0.2, 0) is 9.53 Å². The van der Waals surface area contributed by atoms with Crippen molar-refractivity contribution in [1.82, 2.24) is 9.97 Å². The molecule has 0 fully saturated rings. The lowest BCUT2D eigenvalue weighted by Gasteiger charge is -2.26. The first-order valence-electron chi connectivity index (χ1n) is 7.39. The van der Waals surface area contributed by atoms with Crippen LogP contribution in [0.1, 0.15) is 24.0 Å². The van der Waals surface area contributed by atoms with Gasteiger partial charge in [-0.25, -0.2) is 14.0 Å². The summed E-state index contributed by atoms with van der Waals surface area (Å²) < 4.78 is 23.5. The number of esters is 1. The fourth-order valence-electron chi connectivity index (χ4n) is 2.69. The van der Waals surface area contributed by atoms with Crippen LogP contribution in [0.4, 0.5) is 4.39 Å². The number of hydrogen-bond acceptors (Lipinski definition) is 6. The van der Waals surface area contributed by atoms with E-state index in [1.807, 2.05) is 0 Å². The highest BCUT2D eigenvalue weighted by Crippen LogP contribution is 2.39. The zero-order chi connectivity index (χ0) is 18.1. The zero-order valence-corrected chi connectivity index (χ0v) is 13.1. The van der Waals surface area contributed by atoms with E-state index in [4.69, 9.17) is 15.2 Å². The lowest BCUT2D eigenvalue weighted by Crippen LogP contribution is -2.35. The molecule has 1 unspecified atom stereocenters. The van der Waals surface area contributed by atoms with Crippen molar-refractivity contribution in [2.45, 2.75) is 12.8 Å². The van der Waals surface area contributed by atoms with Gasteiger partial charge in [-0.05, 0) is 24.6 Å². The normalized spacial score (nSPS) is 16.2. The number of halogens is 1. The Kier molecular flexibility index (Phi) is 4.14. The summed E-state index contributed by atoms with van der Waals surface area (Å²) in [6.07, 6.45) is 0. The standard InChI is InChI=1S/C16H14FN3O5/c1-2-24-15(22)10-9(7-3-5-8(17)6-4-7)11-13(21)19-16(23)20-14(11)25-12(10)18/h3-6,9H,2,18H2,1H3,(H2,19,20,21,23). The monoisotopic (exact) mass is 347 g/mol. The van der Waals surface area contributed by atoms with Gasteiger partial charge < -0.3 is 15.2 Å². The minimum absolute atomic E-state index is 0.0246. The van der Waals surface area contributed by atoms with Crippen molar-refractivity contribution >= 4 is 5.97 Å². The maximum atomic E-state index is 13.3. The largest absolute Gasteiger partial charge is 0.462 e. The first-order valence-corrected chi connectivity index (χ1v) is 7.39. The Hall–Kier alpha value is -3.36. The van der Waals surface area contributed by atoms with E-state index in [1.54, 1.807) is 6.92 Å². The van der Waals surface area contributed by atoms with Gasteiger partial charge in [-0.1, -0.05) is 12.1 Å². The molecule has 0 spiro atoms. The van der Waals surface area contributed by atoms with Gasteiger partial charge >= 0.3 is 11.7 Å². The second-order valence-corrected chi connectivity index (χ2v) is 5.24. The van der Waals surface area contributed by atoms with Gasteiger partial charge in [0.15, 0.2) is 0 Å². The number of ether oxygens (including phenoxy) is 2. The molecule has 0 aliphatic carbocycles. The summed E-state index contributed by atoms with van der Waals surface area (Å²) in [6, 6.07) is 5.19. The van der Waals surface area contributed by atoms with E-state index in [1.165, 1.54) is 24.3 Å². The third-order valence-electron chi connectivity index (χ3n) is 3.70. The highest BCUT2D eigenvalue weighted by molar-refractivity contribution is 5.92. The summed E-state index contributed by atoms with van der Waals surface area (Å²) in [4.78, 5) is 40.6. The molecule has 25 heavy (non-hydrogen) atoms. The molecule has 3 rings (SSSR count). The number of nitrogens with one attached hydrogen (secondary N) is 2. The highest BCUT2D eigenvalue weighted by atomic mass is 19.1. The second-order valence-electron chi connectivity index (χ2n) is 5.24. The van der Waals surface area contributed by atoms with Crippen molar-refractivity contribution in [3.63, 3.8) is 0 Å². The molecule has 130 valence electrons. The number of nitrogens with two attached hydrogens (primary N) is 1. The number of benzene rings is 1. The number of rotatable bonds is 3. The van der Waals surface area contributed by atoms with Crippen molar-refractivity contribution in [3.8, 4) is 5.88 Å². The van der Waals surface area contributed by atoms with Gasteiger partial charge in [0, 0.05) is 0 Å². The highest BCUT2D eigenvalue weighted by Gasteiger charge is 2.38. The quantitative estimate of drug-likeness (QED) is 0.692. The average molecular weight is 347 g/mol. The number of carbonyl (C=O) groups excluding carboxylic acids is 1. The Labute approximate surface area is 140 Å². The number of H-pyrrole nitrogens is 2. The lowest BCUT2D eigenvalue weighted by molar-refractivity contribution is -0.139. The molecule has 1 aliphatic heterocycles. The molecular formula is C16H14FN3O5. The van der Waals surface area contributed by atoms with Crippen molar-refractivity contribution in [2.75, 3.05) is 6.61 Å². The van der Waals surface area contributed by atoms with Crippen LogP contribution in [0.3, 0.4) is 0 Å². The minimum Gasteiger partial charge on any atom is -0.462 e. The van der Waals surface area contributed by atoms with E-state index in [0.29, 0.717) is 5.56 Å². The van der Waals surface area contributed by atoms with E-state index >= 15 is 0 Å². The van der Waals surface area contributed by atoms with Crippen molar-refractivity contribution in [1.29, 1.82) is 0 Å². The molecule has 4 N–H and O–H groups in total. The third kappa shape index (κ3) is 2.91. The zero-order valence-electron chi connectivity index (χ0n) is 13.1. The van der Waals surface area contributed by atoms with Crippen LogP contribution in [-0.4, -0.2) is 22.5 Å². The molecule has 2 aromatic rings. The summed E-state index contributed by atoms with van der Waals surface area (Å²) in [7, 11) is 0. The van der Waals surface area contributed by atoms with Crippen LogP contribution in [0.2, 0.25) is 0 Å². The molecule has 0 saturated carbocycles. The molecule has 9 heteroatoms. The van der Waals surface area contributed by atoms with E-state index in [2.05, 4.69) is 9.97 Å². The van der Waals surface area contributed by atoms with E-state index in [9.17, 15) is 18.8 Å². The van der Waals surface area contributed by atoms with Crippen molar-refractivity contribution in [3.05, 3.63) is 73.5 Å². The molecule has 0 radical (unpaired) electrons. The summed E-state index contributed by atoms with van der Waals surface area (Å²) >= 11 is 0. The smallest absolute Gasteiger partial charge is 0.340 e. The molecule has 0 amide bonds. The van der Waals surface area contributed by atoms with Crippen molar-refractivity contribution < 1.29 is 18.7 Å². The van der Waals surface area contributed by atoms with Crippen LogP contribution in [0.15, 0.2) is 45.3 Å². The van der Waals surface area contributed by atoms with Gasteiger partial charge in [0.25, 0.3) is 5.56 Å². The fraction of sp³-hybridized carbons (Fsp3) is 0.188. The lowest BCUT2D eigenvalue weighted by atomic mass is 9.84. The molecular weight excluding hydrogens is 333 g/mol. The third-order valence-corrected chi connectivity index (χ3v) is 3.70. The number of aromatic nitrogens is 2. The fourth-order valence-corrected chi connectivity index (χ4v) is 2.69. The predicted octanol–water partition coefficient (Wildman–Crippen LogP) is 0.460. The predicted molar refractivity (Wildman–Crippen MR) is 84.4 cm³/mol. The van der Waals surface area contributed by atoms with Gasteiger partial charge in [0.2, 0.25) is 11.8 Å². The maximum absolute atomic E-state index is 13.3. The SMILES string of the molecule is CCOC(=O)C1=C(N)Oc2[nH]c(=O)[nH]c(=O)c2C1c1ccc(F)cc1. The van der Waals surface area contributed by atoms with Gasteiger partial charge in [-0.3, -0.25) is 14.8 Å². The molecule has 1 atom stereocenters. The molecule has 1 aromatic carbocycles. The van der Waals surface area contributed by atoms with Crippen LogP contribution in [0, 0.1) is 5.82 Å². The molecule has 1 aromatic heterocycles. The maximum Gasteiger partial charge on any atom is 0.340 e. The van der Waals surface area contributed by atoms with Crippen molar-refractivity contribution in [2.24, 2.45) is 5.73 Å². The Morgan fingerprint density at radius 3 is 2.60 bits per heavy atom. The average Bonchev–Trinajstić information content (AvgIpc) is 2.54. The topological polar surface area (TPSA) is 127 Å². The number of fused-ring (bicyclic) bond motifs is 1. The Morgan fingerprint density at radius 1 is 1.28 bits per heavy atom. The summed E-state index contributed by atoms with van der Waals surface area (Å²) in [5.74, 6) is -2.72. The van der Waals surface area contributed by atoms with Crippen LogP contribution in [0.25, 0.3) is 0 Å². The summed E-state index contributed by atoms with van der Waals surface area (Å²) in [5, 5.41) is 0. The van der Waals surface area contributed by atoms with E-state index < -0.39 is 29.0 Å². The Bertz CT molecular complexity index is 975. The first-order chi connectivity index (χ1) is 11.9. The van der Waals surface area contributed by atoms with Gasteiger partial charge in [-0.2, -0.15) is 0 Å². The Morgan fingerprint density at radius 2 is 1.96 bits per heavy atom. The Balaban J connectivity index is 2.27. The number of carbonyl (C=O) groups is 1. The second kappa shape index (κ2) is 6.27. The minimum atomic E-state index is -0.982. The molecule has 0 saturated heterocycles. The van der Waals surface area contributed by atoms with Crippen LogP contribution < -0.4 is 21.7 Å². The van der Waals surface area contributed by atoms with Crippen LogP contribution in [0.5, 0.6) is 5.88 Å². The summed E-state index contributed by atoms with van der Waals surface area (Å²) in [5.41, 5.74) is 4.59. The van der Waals surface area contributed by atoms with Gasteiger partial charge in [0.1, 0.15) is 11.4 Å². The first kappa shape index (κ1) is 16.5. The molecule has 2 heterocycles. The van der Waals surface area contributed by atoms with E-state index in [0.717, 1.165) is 0 Å². The van der Waals surface area contributed by atoms with Gasteiger partial charge in [-0.15, -0.1) is 0 Å². The number of aromatic amines is 2. The van der Waals surface area contributed by atoms with Gasteiger partial charge in [0.05, 0.1) is 18.1 Å². The molecule has 0 bridgehead atoms. The summed E-state index contributed by atoms with van der Waals surface area (Å²) in [6.45, 7) is 1.70. The molecule has 1 aliphatic rings. The van der Waals surface area contributed by atoms with Crippen LogP contribution >= 0.6 is 0 Å². The van der Waals surface area contributed by atoms with E-state index in [-0.39, 0.29) is 29.5 Å². The molecule has 8 nitrogen and oxygen atoms in total.